The number of aromatic nitrogens is 2. The third-order valence-electron chi connectivity index (χ3n) is 1.73. The Morgan fingerprint density at radius 3 is 2.83 bits per heavy atom. The van der Waals surface area contributed by atoms with Crippen molar-refractivity contribution in [3.8, 4) is 0 Å². The van der Waals surface area contributed by atoms with Crippen molar-refractivity contribution in [1.29, 1.82) is 0 Å². The van der Waals surface area contributed by atoms with E-state index in [1.54, 1.807) is 13.8 Å². The summed E-state index contributed by atoms with van der Waals surface area (Å²) in [7, 11) is 0. The molecule has 18 heavy (non-hydrogen) atoms. The van der Waals surface area contributed by atoms with Gasteiger partial charge in [-0.3, -0.25) is 14.4 Å². The van der Waals surface area contributed by atoms with Crippen LogP contribution in [0.2, 0.25) is 0 Å². The van der Waals surface area contributed by atoms with Crippen molar-refractivity contribution in [3.05, 3.63) is 26.8 Å². The Balaban J connectivity index is 2.63. The number of esters is 1. The van der Waals surface area contributed by atoms with Crippen molar-refractivity contribution in [2.75, 3.05) is 6.54 Å². The van der Waals surface area contributed by atoms with Crippen LogP contribution in [0.5, 0.6) is 0 Å². The lowest BCUT2D eigenvalue weighted by Gasteiger charge is -2.08. The lowest BCUT2D eigenvalue weighted by molar-refractivity contribution is -0.146. The number of rotatable bonds is 4. The standard InChI is InChI=1S/C10H12BrN3O4/c1-5(2)18-7(15)4-13-10(17)8-9(16)12-3-6(11)14-8/h3,5H,4H2,1-2H3,(H,12,16)(H,13,17). The molecule has 0 bridgehead atoms. The molecule has 0 saturated carbocycles. The molecule has 0 radical (unpaired) electrons. The maximum Gasteiger partial charge on any atom is 0.325 e. The van der Waals surface area contributed by atoms with Crippen LogP contribution in [0.1, 0.15) is 24.3 Å². The second-order valence-electron chi connectivity index (χ2n) is 3.62. The zero-order valence-corrected chi connectivity index (χ0v) is 11.4. The third kappa shape index (κ3) is 4.28. The maximum absolute atomic E-state index is 11.6. The van der Waals surface area contributed by atoms with Crippen LogP contribution in [0, 0.1) is 0 Å². The normalized spacial score (nSPS) is 10.2. The number of hydrogen-bond acceptors (Lipinski definition) is 5. The molecule has 7 nitrogen and oxygen atoms in total. The molecular formula is C10H12BrN3O4. The van der Waals surface area contributed by atoms with Gasteiger partial charge < -0.3 is 15.0 Å². The number of carbonyl (C=O) groups excluding carboxylic acids is 2. The van der Waals surface area contributed by atoms with Gasteiger partial charge in [-0.15, -0.1) is 0 Å². The highest BCUT2D eigenvalue weighted by molar-refractivity contribution is 9.10. The van der Waals surface area contributed by atoms with Gasteiger partial charge in [0, 0.05) is 6.20 Å². The Morgan fingerprint density at radius 2 is 2.22 bits per heavy atom. The lowest BCUT2D eigenvalue weighted by atomic mass is 10.4. The number of amides is 1. The second-order valence-corrected chi connectivity index (χ2v) is 4.43. The van der Waals surface area contributed by atoms with E-state index >= 15 is 0 Å². The topological polar surface area (TPSA) is 101 Å². The summed E-state index contributed by atoms with van der Waals surface area (Å²) in [5.41, 5.74) is -0.949. The first-order chi connectivity index (χ1) is 8.40. The number of nitrogens with zero attached hydrogens (tertiary/aromatic N) is 1. The predicted octanol–water partition coefficient (Wildman–Crippen LogP) is 0.214. The molecule has 0 fully saturated rings. The molecule has 0 atom stereocenters. The zero-order chi connectivity index (χ0) is 13.7. The summed E-state index contributed by atoms with van der Waals surface area (Å²) in [4.78, 5) is 40.1. The van der Waals surface area contributed by atoms with Crippen molar-refractivity contribution >= 4 is 27.8 Å². The summed E-state index contributed by atoms with van der Waals surface area (Å²) in [5.74, 6) is -1.32. The second kappa shape index (κ2) is 6.29. The minimum absolute atomic E-state index is 0.262. The summed E-state index contributed by atoms with van der Waals surface area (Å²) in [5, 5.41) is 2.26. The Hall–Kier alpha value is -1.70. The van der Waals surface area contributed by atoms with Gasteiger partial charge in [0.2, 0.25) is 0 Å². The van der Waals surface area contributed by atoms with Crippen LogP contribution in [0.4, 0.5) is 0 Å². The third-order valence-corrected chi connectivity index (χ3v) is 2.14. The first-order valence-corrected chi connectivity index (χ1v) is 5.92. The van der Waals surface area contributed by atoms with Gasteiger partial charge in [0.15, 0.2) is 5.69 Å². The smallest absolute Gasteiger partial charge is 0.325 e. The van der Waals surface area contributed by atoms with Crippen LogP contribution in [0.15, 0.2) is 15.6 Å². The molecule has 0 aromatic carbocycles. The fourth-order valence-corrected chi connectivity index (χ4v) is 1.37. The number of hydrogen-bond donors (Lipinski definition) is 2. The molecule has 0 aliphatic rings. The van der Waals surface area contributed by atoms with Crippen molar-refractivity contribution < 1.29 is 14.3 Å². The van der Waals surface area contributed by atoms with Crippen molar-refractivity contribution in [3.63, 3.8) is 0 Å². The molecule has 8 heteroatoms. The maximum atomic E-state index is 11.6. The highest BCUT2D eigenvalue weighted by Gasteiger charge is 2.14. The van der Waals surface area contributed by atoms with Crippen LogP contribution < -0.4 is 10.9 Å². The fraction of sp³-hybridized carbons (Fsp3) is 0.400. The van der Waals surface area contributed by atoms with Gasteiger partial charge in [0.05, 0.1) is 6.10 Å². The number of H-pyrrole nitrogens is 1. The van der Waals surface area contributed by atoms with Crippen molar-refractivity contribution in [2.24, 2.45) is 0 Å². The highest BCUT2D eigenvalue weighted by Crippen LogP contribution is 2.00. The van der Waals surface area contributed by atoms with Gasteiger partial charge in [-0.05, 0) is 29.8 Å². The van der Waals surface area contributed by atoms with E-state index in [-0.39, 0.29) is 18.3 Å². The number of nitrogens with one attached hydrogen (secondary N) is 2. The predicted molar refractivity (Wildman–Crippen MR) is 66.1 cm³/mol. The summed E-state index contributed by atoms with van der Waals surface area (Å²) in [6, 6.07) is 0. The molecule has 1 amide bonds. The Morgan fingerprint density at radius 1 is 1.56 bits per heavy atom. The first-order valence-electron chi connectivity index (χ1n) is 5.13. The van der Waals surface area contributed by atoms with Crippen molar-refractivity contribution in [2.45, 2.75) is 20.0 Å². The molecule has 1 aromatic heterocycles. The van der Waals surface area contributed by atoms with Crippen LogP contribution in [0.25, 0.3) is 0 Å². The molecule has 0 aliphatic heterocycles. The fourth-order valence-electron chi connectivity index (χ4n) is 1.08. The lowest BCUT2D eigenvalue weighted by Crippen LogP contribution is -2.35. The van der Waals surface area contributed by atoms with Gasteiger partial charge in [-0.25, -0.2) is 4.98 Å². The molecule has 1 heterocycles. The van der Waals surface area contributed by atoms with Crippen LogP contribution in [-0.2, 0) is 9.53 Å². The Bertz CT molecular complexity index is 512. The van der Waals surface area contributed by atoms with E-state index in [1.165, 1.54) is 6.20 Å². The summed E-state index contributed by atoms with van der Waals surface area (Å²) < 4.78 is 5.14. The molecular weight excluding hydrogens is 306 g/mol. The van der Waals surface area contributed by atoms with E-state index in [4.69, 9.17) is 4.74 Å². The number of carbonyl (C=O) groups is 2. The van der Waals surface area contributed by atoms with Gasteiger partial charge in [0.25, 0.3) is 11.5 Å². The summed E-state index contributed by atoms with van der Waals surface area (Å²) >= 11 is 3.02. The van der Waals surface area contributed by atoms with E-state index in [9.17, 15) is 14.4 Å². The van der Waals surface area contributed by atoms with E-state index in [0.717, 1.165) is 0 Å². The molecule has 0 spiro atoms. The van der Waals surface area contributed by atoms with E-state index in [2.05, 4.69) is 31.2 Å². The molecule has 1 rings (SSSR count). The Kier molecular flexibility index (Phi) is 5.02. The summed E-state index contributed by atoms with van der Waals surface area (Å²) in [6.45, 7) is 3.07. The molecule has 2 N–H and O–H groups in total. The number of aromatic amines is 1. The monoisotopic (exact) mass is 317 g/mol. The van der Waals surface area contributed by atoms with Crippen LogP contribution in [-0.4, -0.2) is 34.5 Å². The average Bonchev–Trinajstić information content (AvgIpc) is 2.28. The molecule has 98 valence electrons. The number of halogens is 1. The van der Waals surface area contributed by atoms with Gasteiger partial charge >= 0.3 is 5.97 Å². The van der Waals surface area contributed by atoms with E-state index in [1.807, 2.05) is 0 Å². The van der Waals surface area contributed by atoms with Crippen molar-refractivity contribution in [1.82, 2.24) is 15.3 Å². The van der Waals surface area contributed by atoms with Gasteiger partial charge in [0.1, 0.15) is 11.1 Å². The highest BCUT2D eigenvalue weighted by atomic mass is 79.9. The summed E-state index contributed by atoms with van der Waals surface area (Å²) in [6.07, 6.45) is 1.05. The van der Waals surface area contributed by atoms with Gasteiger partial charge in [-0.1, -0.05) is 0 Å². The quantitative estimate of drug-likeness (QED) is 0.773. The van der Waals surface area contributed by atoms with E-state index < -0.39 is 17.4 Å². The molecule has 0 saturated heterocycles. The van der Waals surface area contributed by atoms with Crippen LogP contribution in [0.3, 0.4) is 0 Å². The largest absolute Gasteiger partial charge is 0.462 e. The zero-order valence-electron chi connectivity index (χ0n) is 9.82. The molecule has 1 aromatic rings. The Labute approximate surface area is 111 Å². The van der Waals surface area contributed by atoms with Crippen LogP contribution >= 0.6 is 15.9 Å². The minimum atomic E-state index is -0.738. The number of ether oxygens (including phenoxy) is 1. The molecule has 0 unspecified atom stereocenters. The SMILES string of the molecule is CC(C)OC(=O)CNC(=O)c1nc(Br)c[nH]c1=O. The molecule has 0 aliphatic carbocycles. The minimum Gasteiger partial charge on any atom is -0.462 e. The van der Waals surface area contributed by atoms with Gasteiger partial charge in [-0.2, -0.15) is 0 Å². The average molecular weight is 318 g/mol. The first kappa shape index (κ1) is 14.4. The van der Waals surface area contributed by atoms with E-state index in [0.29, 0.717) is 4.60 Å².